The van der Waals surface area contributed by atoms with Crippen molar-refractivity contribution in [3.63, 3.8) is 0 Å². The van der Waals surface area contributed by atoms with Crippen molar-refractivity contribution >= 4 is 28.5 Å². The fourth-order valence-electron chi connectivity index (χ4n) is 3.82. The summed E-state index contributed by atoms with van der Waals surface area (Å²) in [6.07, 6.45) is 7.02. The van der Waals surface area contributed by atoms with E-state index in [4.69, 9.17) is 14.3 Å². The van der Waals surface area contributed by atoms with Gasteiger partial charge in [0.05, 0.1) is 12.8 Å². The molecule has 0 bridgehead atoms. The molecule has 8 nitrogen and oxygen atoms in total. The van der Waals surface area contributed by atoms with Crippen molar-refractivity contribution in [2.24, 2.45) is 10.9 Å². The number of oxazole rings is 1. The van der Waals surface area contributed by atoms with Crippen LogP contribution < -0.4 is 9.64 Å². The maximum Gasteiger partial charge on any atom is 0.354 e. The monoisotopic (exact) mass is 385 g/mol. The van der Waals surface area contributed by atoms with Gasteiger partial charge in [0, 0.05) is 30.9 Å². The molecule has 2 N–H and O–H groups in total. The van der Waals surface area contributed by atoms with Crippen LogP contribution in [0.4, 0.5) is 5.69 Å². The zero-order chi connectivity index (χ0) is 19.7. The van der Waals surface area contributed by atoms with Crippen LogP contribution in [-0.4, -0.2) is 47.3 Å². The van der Waals surface area contributed by atoms with Crippen LogP contribution in [0.25, 0.3) is 11.1 Å². The normalized spacial score (nSPS) is 22.4. The van der Waals surface area contributed by atoms with Gasteiger partial charge in [0.15, 0.2) is 11.5 Å². The van der Waals surface area contributed by atoms with Crippen LogP contribution in [0.3, 0.4) is 0 Å². The van der Waals surface area contributed by atoms with Gasteiger partial charge in [-0.3, -0.25) is 4.99 Å². The third-order valence-electron chi connectivity index (χ3n) is 5.49. The van der Waals surface area contributed by atoms with Crippen LogP contribution in [0, 0.1) is 5.92 Å². The molecule has 1 fully saturated rings. The summed E-state index contributed by atoms with van der Waals surface area (Å²) in [4.78, 5) is 21.6. The van der Waals surface area contributed by atoms with Gasteiger partial charge in [0.2, 0.25) is 0 Å². The Balaban J connectivity index is 1.61. The Labute approximate surface area is 162 Å². The highest BCUT2D eigenvalue weighted by molar-refractivity contribution is 6.40. The molecule has 0 spiro atoms. The Morgan fingerprint density at radius 3 is 2.71 bits per heavy atom. The number of fused-ring (bicyclic) bond motifs is 1. The number of aliphatic hydroxyl groups excluding tert-OH is 1. The lowest BCUT2D eigenvalue weighted by molar-refractivity contribution is -0.129. The summed E-state index contributed by atoms with van der Waals surface area (Å²) in [5.74, 6) is 0.951. The van der Waals surface area contributed by atoms with E-state index in [1.165, 1.54) is 6.08 Å². The summed E-state index contributed by atoms with van der Waals surface area (Å²) < 4.78 is 11.6. The van der Waals surface area contributed by atoms with Crippen LogP contribution in [0.1, 0.15) is 37.5 Å². The fourth-order valence-corrected chi connectivity index (χ4v) is 3.82. The molecule has 0 amide bonds. The van der Waals surface area contributed by atoms with Crippen LogP contribution in [-0.2, 0) is 4.79 Å². The molecular weight excluding hydrogens is 362 g/mol. The molecular formula is C20H23N3O5. The van der Waals surface area contributed by atoms with Crippen molar-refractivity contribution < 1.29 is 24.2 Å². The third-order valence-corrected chi connectivity index (χ3v) is 5.49. The fraction of sp³-hybridized carbons (Fsp3) is 0.450. The Morgan fingerprint density at radius 1 is 1.32 bits per heavy atom. The number of benzene rings is 1. The van der Waals surface area contributed by atoms with Crippen molar-refractivity contribution in [2.45, 2.75) is 31.6 Å². The topological polar surface area (TPSA) is 108 Å². The van der Waals surface area contributed by atoms with Crippen LogP contribution in [0.15, 0.2) is 33.8 Å². The molecule has 1 aliphatic carbocycles. The predicted octanol–water partition coefficient (Wildman–Crippen LogP) is 2.92. The van der Waals surface area contributed by atoms with Gasteiger partial charge in [-0.15, -0.1) is 0 Å². The zero-order valence-corrected chi connectivity index (χ0v) is 15.7. The molecule has 1 saturated carbocycles. The number of nitrogens with zero attached hydrogens (tertiary/aromatic N) is 3. The lowest BCUT2D eigenvalue weighted by Crippen LogP contribution is -2.25. The minimum absolute atomic E-state index is 0.0247. The average Bonchev–Trinajstić information content (AvgIpc) is 3.16. The van der Waals surface area contributed by atoms with Crippen LogP contribution in [0.2, 0.25) is 0 Å². The number of carboxylic acid groups (broad SMARTS) is 1. The summed E-state index contributed by atoms with van der Waals surface area (Å²) in [6.45, 7) is 0.433. The number of ether oxygens (including phenoxy) is 1. The third kappa shape index (κ3) is 3.47. The van der Waals surface area contributed by atoms with Crippen molar-refractivity contribution in [3.8, 4) is 5.75 Å². The van der Waals surface area contributed by atoms with E-state index in [-0.39, 0.29) is 24.9 Å². The number of rotatable bonds is 5. The van der Waals surface area contributed by atoms with Crippen LogP contribution in [0.5, 0.6) is 5.75 Å². The number of carbonyl (C=O) groups is 1. The van der Waals surface area contributed by atoms with E-state index < -0.39 is 5.97 Å². The highest BCUT2D eigenvalue weighted by Gasteiger charge is 2.26. The number of anilines is 1. The van der Waals surface area contributed by atoms with Gasteiger partial charge in [-0.1, -0.05) is 0 Å². The molecule has 148 valence electrons. The van der Waals surface area contributed by atoms with Crippen LogP contribution >= 0.6 is 0 Å². The molecule has 1 aromatic heterocycles. The summed E-state index contributed by atoms with van der Waals surface area (Å²) in [6, 6.07) is 3.69. The number of aliphatic imine (C=N–C) groups is 1. The van der Waals surface area contributed by atoms with Crippen molar-refractivity contribution in [1.29, 1.82) is 0 Å². The second-order valence-corrected chi connectivity index (χ2v) is 7.22. The summed E-state index contributed by atoms with van der Waals surface area (Å²) in [7, 11) is 1.58. The first-order valence-electron chi connectivity index (χ1n) is 9.41. The Bertz CT molecular complexity index is 941. The maximum atomic E-state index is 11.0. The number of aliphatic hydroxyl groups is 1. The highest BCUT2D eigenvalue weighted by atomic mass is 16.5. The van der Waals surface area contributed by atoms with Gasteiger partial charge in [-0.2, -0.15) is 0 Å². The largest absolute Gasteiger partial charge is 0.494 e. The number of hydrogen-bond acceptors (Lipinski definition) is 7. The Hall–Kier alpha value is -2.87. The maximum absolute atomic E-state index is 11.0. The molecule has 2 aromatic rings. The average molecular weight is 385 g/mol. The summed E-state index contributed by atoms with van der Waals surface area (Å²) in [5.41, 5.74) is 2.16. The van der Waals surface area contributed by atoms with Crippen molar-refractivity contribution in [2.75, 3.05) is 25.3 Å². The van der Waals surface area contributed by atoms with Gasteiger partial charge in [0.25, 0.3) is 0 Å². The van der Waals surface area contributed by atoms with E-state index in [0.29, 0.717) is 17.3 Å². The smallest absolute Gasteiger partial charge is 0.354 e. The van der Waals surface area contributed by atoms with Gasteiger partial charge < -0.3 is 24.3 Å². The molecule has 0 radical (unpaired) electrons. The zero-order valence-electron chi connectivity index (χ0n) is 15.7. The minimum Gasteiger partial charge on any atom is -0.494 e. The van der Waals surface area contributed by atoms with E-state index >= 15 is 0 Å². The molecule has 2 heterocycles. The SMILES string of the molecule is COc1cc2nc(C3CCC(CO)CC3)oc2cc1N1C=CC(C(=O)O)=NC1. The van der Waals surface area contributed by atoms with Gasteiger partial charge in [-0.05, 0) is 37.7 Å². The molecule has 0 unspecified atom stereocenters. The first-order valence-corrected chi connectivity index (χ1v) is 9.41. The number of aromatic nitrogens is 1. The molecule has 1 aliphatic heterocycles. The quantitative estimate of drug-likeness (QED) is 0.814. The first-order chi connectivity index (χ1) is 13.6. The minimum atomic E-state index is -1.05. The predicted molar refractivity (Wildman–Crippen MR) is 104 cm³/mol. The first kappa shape index (κ1) is 18.5. The van der Waals surface area contributed by atoms with Crippen molar-refractivity contribution in [1.82, 2.24) is 4.98 Å². The molecule has 1 aromatic carbocycles. The number of methoxy groups -OCH3 is 1. The van der Waals surface area contributed by atoms with E-state index in [9.17, 15) is 9.90 Å². The Kier molecular flexibility index (Phi) is 5.04. The molecule has 28 heavy (non-hydrogen) atoms. The van der Waals surface area contributed by atoms with Gasteiger partial charge in [-0.25, -0.2) is 9.78 Å². The lowest BCUT2D eigenvalue weighted by Gasteiger charge is -2.24. The van der Waals surface area contributed by atoms with E-state index in [1.54, 1.807) is 18.2 Å². The summed E-state index contributed by atoms with van der Waals surface area (Å²) >= 11 is 0. The van der Waals surface area contributed by atoms with E-state index in [0.717, 1.165) is 42.8 Å². The van der Waals surface area contributed by atoms with Crippen molar-refractivity contribution in [3.05, 3.63) is 30.3 Å². The van der Waals surface area contributed by atoms with Gasteiger partial charge >= 0.3 is 5.97 Å². The molecule has 2 aliphatic rings. The van der Waals surface area contributed by atoms with E-state index in [1.807, 2.05) is 12.1 Å². The number of carboxylic acids is 1. The molecule has 0 saturated heterocycles. The van der Waals surface area contributed by atoms with E-state index in [2.05, 4.69) is 9.98 Å². The standard InChI is InChI=1S/C20H23N3O5/c1-27-18-8-15-17(9-16(18)23-7-6-14(20(25)26)21-11-23)28-19(22-15)13-4-2-12(10-24)3-5-13/h6-9,12-13,24H,2-5,10-11H2,1H3,(H,25,26). The lowest BCUT2D eigenvalue weighted by atomic mass is 9.82. The summed E-state index contributed by atoms with van der Waals surface area (Å²) in [5, 5.41) is 18.3. The number of aliphatic carboxylic acids is 1. The molecule has 4 rings (SSSR count). The molecule has 8 heteroatoms. The highest BCUT2D eigenvalue weighted by Crippen LogP contribution is 2.39. The Morgan fingerprint density at radius 2 is 2.11 bits per heavy atom. The van der Waals surface area contributed by atoms with Gasteiger partial charge in [0.1, 0.15) is 23.6 Å². The number of hydrogen-bond donors (Lipinski definition) is 2. The molecule has 0 atom stereocenters. The second-order valence-electron chi connectivity index (χ2n) is 7.22. The second kappa shape index (κ2) is 7.63.